The van der Waals surface area contributed by atoms with Gasteiger partial charge in [0.2, 0.25) is 11.6 Å². The van der Waals surface area contributed by atoms with Crippen LogP contribution in [0.25, 0.3) is 6.08 Å². The quantitative estimate of drug-likeness (QED) is 0.406. The van der Waals surface area contributed by atoms with E-state index in [0.29, 0.717) is 26.3 Å². The number of hydrogen-bond donors (Lipinski definition) is 1. The maximum absolute atomic E-state index is 13.8. The Morgan fingerprint density at radius 2 is 1.85 bits per heavy atom. The SMILES string of the molecule is Cc1ccccc1NC(=O)[C@H]1[C@H]2c3ccccc3O[C@]1(C)N=c1s/c(=C/c3ccc(OC(F)F)cc3)c(=O)n12. The lowest BCUT2D eigenvalue weighted by Gasteiger charge is -2.45. The van der Waals surface area contributed by atoms with Gasteiger partial charge in [-0.1, -0.05) is 59.9 Å². The van der Waals surface area contributed by atoms with Crippen LogP contribution in [0, 0.1) is 12.8 Å². The zero-order chi connectivity index (χ0) is 27.3. The van der Waals surface area contributed by atoms with Crippen LogP contribution in [0.2, 0.25) is 0 Å². The Balaban J connectivity index is 1.47. The minimum Gasteiger partial charge on any atom is -0.465 e. The largest absolute Gasteiger partial charge is 0.465 e. The molecule has 0 spiro atoms. The van der Waals surface area contributed by atoms with Gasteiger partial charge in [-0.25, -0.2) is 4.99 Å². The van der Waals surface area contributed by atoms with E-state index in [0.717, 1.165) is 11.1 Å². The first kappa shape index (κ1) is 25.0. The highest BCUT2D eigenvalue weighted by atomic mass is 32.1. The Hall–Kier alpha value is -4.31. The van der Waals surface area contributed by atoms with Gasteiger partial charge in [-0.05, 0) is 55.3 Å². The fourth-order valence-electron chi connectivity index (χ4n) is 5.16. The van der Waals surface area contributed by atoms with E-state index in [1.54, 1.807) is 29.7 Å². The molecule has 0 unspecified atom stereocenters. The summed E-state index contributed by atoms with van der Waals surface area (Å²) in [5.41, 5.74) is 1.38. The second kappa shape index (κ2) is 9.46. The zero-order valence-electron chi connectivity index (χ0n) is 20.9. The number of amides is 1. The minimum absolute atomic E-state index is 0.0253. The fraction of sp³-hybridized carbons (Fsp3) is 0.207. The van der Waals surface area contributed by atoms with Gasteiger partial charge in [0.25, 0.3) is 5.56 Å². The number of aromatic nitrogens is 1. The van der Waals surface area contributed by atoms with Crippen molar-refractivity contribution in [3.63, 3.8) is 0 Å². The molecule has 1 amide bonds. The molecule has 0 fully saturated rings. The Kier molecular flexibility index (Phi) is 6.06. The predicted octanol–water partition coefficient (Wildman–Crippen LogP) is 4.23. The Morgan fingerprint density at radius 3 is 2.59 bits per heavy atom. The first-order valence-electron chi connectivity index (χ1n) is 12.3. The topological polar surface area (TPSA) is 81.9 Å². The number of nitrogens with zero attached hydrogens (tertiary/aromatic N) is 2. The van der Waals surface area contributed by atoms with Crippen molar-refractivity contribution in [2.24, 2.45) is 10.9 Å². The van der Waals surface area contributed by atoms with E-state index >= 15 is 0 Å². The molecular formula is C29H23F2N3O4S. The molecule has 4 aromatic rings. The van der Waals surface area contributed by atoms with Gasteiger partial charge in [0.05, 0.1) is 10.6 Å². The molecule has 0 saturated carbocycles. The summed E-state index contributed by atoms with van der Waals surface area (Å²) in [7, 11) is 0. The lowest BCUT2D eigenvalue weighted by atomic mass is 9.80. The molecule has 3 aromatic carbocycles. The van der Waals surface area contributed by atoms with E-state index in [1.807, 2.05) is 55.5 Å². The van der Waals surface area contributed by atoms with Crippen molar-refractivity contribution < 1.29 is 23.0 Å². The summed E-state index contributed by atoms with van der Waals surface area (Å²) in [4.78, 5) is 32.9. The number of para-hydroxylation sites is 2. The molecule has 3 atom stereocenters. The second-order valence-corrected chi connectivity index (χ2v) is 10.6. The fourth-order valence-corrected chi connectivity index (χ4v) is 6.26. The third-order valence-electron chi connectivity index (χ3n) is 6.97. The van der Waals surface area contributed by atoms with E-state index in [-0.39, 0.29) is 17.2 Å². The van der Waals surface area contributed by atoms with Crippen LogP contribution in [0.1, 0.15) is 29.7 Å². The van der Waals surface area contributed by atoms with Crippen molar-refractivity contribution in [3.8, 4) is 11.5 Å². The second-order valence-electron chi connectivity index (χ2n) is 9.55. The van der Waals surface area contributed by atoms with Crippen molar-refractivity contribution in [3.05, 3.63) is 109 Å². The number of nitrogens with one attached hydrogen (secondary N) is 1. The maximum Gasteiger partial charge on any atom is 0.387 e. The van der Waals surface area contributed by atoms with E-state index in [2.05, 4.69) is 10.1 Å². The molecule has 39 heavy (non-hydrogen) atoms. The molecule has 2 aliphatic rings. The molecule has 1 N–H and O–H groups in total. The number of hydrogen-bond acceptors (Lipinski definition) is 6. The summed E-state index contributed by atoms with van der Waals surface area (Å²) in [6.45, 7) is 0.749. The molecule has 10 heteroatoms. The Labute approximate surface area is 225 Å². The predicted molar refractivity (Wildman–Crippen MR) is 143 cm³/mol. The van der Waals surface area contributed by atoms with E-state index in [4.69, 9.17) is 9.73 Å². The Bertz CT molecular complexity index is 1770. The van der Waals surface area contributed by atoms with Crippen LogP contribution >= 0.6 is 11.3 Å². The number of thiazole rings is 1. The molecule has 198 valence electrons. The highest BCUT2D eigenvalue weighted by Crippen LogP contribution is 2.47. The smallest absolute Gasteiger partial charge is 0.387 e. The van der Waals surface area contributed by atoms with Gasteiger partial charge in [-0.3, -0.25) is 14.2 Å². The van der Waals surface area contributed by atoms with Crippen LogP contribution < -0.4 is 29.7 Å². The first-order valence-corrected chi connectivity index (χ1v) is 13.1. The van der Waals surface area contributed by atoms with E-state index in [9.17, 15) is 18.4 Å². The van der Waals surface area contributed by atoms with Gasteiger partial charge < -0.3 is 14.8 Å². The minimum atomic E-state index is -2.92. The van der Waals surface area contributed by atoms with Gasteiger partial charge in [-0.15, -0.1) is 0 Å². The first-order chi connectivity index (χ1) is 18.7. The zero-order valence-corrected chi connectivity index (χ0v) is 21.7. The van der Waals surface area contributed by atoms with Gasteiger partial charge >= 0.3 is 6.61 Å². The van der Waals surface area contributed by atoms with Crippen LogP contribution in [0.5, 0.6) is 11.5 Å². The van der Waals surface area contributed by atoms with Crippen molar-refractivity contribution in [1.82, 2.24) is 4.57 Å². The number of benzene rings is 3. The van der Waals surface area contributed by atoms with Crippen LogP contribution in [0.15, 0.2) is 82.6 Å². The summed E-state index contributed by atoms with van der Waals surface area (Å²) in [5.74, 6) is -0.542. The van der Waals surface area contributed by atoms with Gasteiger partial charge in [0, 0.05) is 11.3 Å². The number of fused-ring (bicyclic) bond motifs is 6. The van der Waals surface area contributed by atoms with Crippen molar-refractivity contribution in [2.45, 2.75) is 32.2 Å². The van der Waals surface area contributed by atoms with E-state index < -0.39 is 24.3 Å². The van der Waals surface area contributed by atoms with Crippen LogP contribution in [-0.2, 0) is 4.79 Å². The number of aryl methyl sites for hydroxylation is 1. The number of carbonyl (C=O) groups excluding carboxylic acids is 1. The maximum atomic E-state index is 13.8. The summed E-state index contributed by atoms with van der Waals surface area (Å²) in [6.07, 6.45) is 1.67. The van der Waals surface area contributed by atoms with Crippen molar-refractivity contribution in [2.75, 3.05) is 5.32 Å². The van der Waals surface area contributed by atoms with Gasteiger partial charge in [0.1, 0.15) is 17.4 Å². The number of anilines is 1. The molecule has 7 nitrogen and oxygen atoms in total. The van der Waals surface area contributed by atoms with Crippen molar-refractivity contribution in [1.29, 1.82) is 0 Å². The summed E-state index contributed by atoms with van der Waals surface area (Å²) >= 11 is 1.19. The molecule has 0 radical (unpaired) electrons. The normalized spacial score (nSPS) is 21.4. The monoisotopic (exact) mass is 547 g/mol. The van der Waals surface area contributed by atoms with Crippen LogP contribution in [-0.4, -0.2) is 22.8 Å². The lowest BCUT2D eigenvalue weighted by Crippen LogP contribution is -2.59. The third kappa shape index (κ3) is 4.40. The van der Waals surface area contributed by atoms with Crippen LogP contribution in [0.3, 0.4) is 0 Å². The number of ether oxygens (including phenoxy) is 2. The summed E-state index contributed by atoms with van der Waals surface area (Å²) in [6, 6.07) is 20.2. The highest BCUT2D eigenvalue weighted by Gasteiger charge is 2.55. The number of rotatable bonds is 5. The highest BCUT2D eigenvalue weighted by molar-refractivity contribution is 7.07. The standard InChI is InChI=1S/C29H23F2N3O4S/c1-16-7-3-5-9-20(16)32-25(35)23-24-19-8-4-6-10-21(19)38-29(23,2)33-28-34(24)26(36)22(39-28)15-17-11-13-18(14-12-17)37-27(30)31/h3-15,23-24,27H,1-2H3,(H,32,35)/b22-15+/t23-,24-,29+/m1/s1. The molecular weight excluding hydrogens is 524 g/mol. The molecule has 6 rings (SSSR count). The third-order valence-corrected chi connectivity index (χ3v) is 7.95. The van der Waals surface area contributed by atoms with Crippen LogP contribution in [0.4, 0.5) is 14.5 Å². The van der Waals surface area contributed by atoms with E-state index in [1.165, 1.54) is 23.5 Å². The average molecular weight is 548 g/mol. The summed E-state index contributed by atoms with van der Waals surface area (Å²) < 4.78 is 37.7. The number of alkyl halides is 2. The summed E-state index contributed by atoms with van der Waals surface area (Å²) in [5, 5.41) is 3.02. The van der Waals surface area contributed by atoms with Crippen molar-refractivity contribution >= 4 is 29.0 Å². The van der Waals surface area contributed by atoms with Gasteiger partial charge in [-0.2, -0.15) is 8.78 Å². The molecule has 1 aromatic heterocycles. The number of halogens is 2. The lowest BCUT2D eigenvalue weighted by molar-refractivity contribution is -0.131. The molecule has 0 saturated heterocycles. The molecule has 2 aliphatic heterocycles. The average Bonchev–Trinajstić information content (AvgIpc) is 3.18. The number of carbonyl (C=O) groups is 1. The van der Waals surface area contributed by atoms with Gasteiger partial charge in [0.15, 0.2) is 4.80 Å². The molecule has 3 heterocycles. The molecule has 2 bridgehead atoms. The Morgan fingerprint density at radius 1 is 1.13 bits per heavy atom. The molecule has 0 aliphatic carbocycles.